The molecule has 0 unspecified atom stereocenters. The molecule has 2 N–H and O–H groups in total. The first kappa shape index (κ1) is 14.3. The third-order valence-corrected chi connectivity index (χ3v) is 4.27. The number of aromatic nitrogens is 5. The zero-order valence-corrected chi connectivity index (χ0v) is 13.2. The maximum absolute atomic E-state index is 12.4. The summed E-state index contributed by atoms with van der Waals surface area (Å²) in [6.45, 7) is 0. The summed E-state index contributed by atoms with van der Waals surface area (Å²) < 4.78 is 1.77. The van der Waals surface area contributed by atoms with Crippen molar-refractivity contribution in [3.63, 3.8) is 0 Å². The maximum Gasteiger partial charge on any atom is 0.277 e. The number of benzene rings is 1. The number of hydrogen-bond acceptors (Lipinski definition) is 5. The fourth-order valence-corrected chi connectivity index (χ4v) is 3.03. The molecule has 8 heteroatoms. The van der Waals surface area contributed by atoms with Gasteiger partial charge in [0, 0.05) is 0 Å². The molecule has 1 amide bonds. The van der Waals surface area contributed by atoms with Crippen molar-refractivity contribution >= 4 is 23.1 Å². The number of hydrogen-bond donors (Lipinski definition) is 2. The molecule has 118 valence electrons. The van der Waals surface area contributed by atoms with Crippen molar-refractivity contribution in [2.75, 3.05) is 5.32 Å². The van der Waals surface area contributed by atoms with Gasteiger partial charge in [0.1, 0.15) is 0 Å². The molecule has 0 fully saturated rings. The zero-order valence-electron chi connectivity index (χ0n) is 12.4. The molecule has 0 atom stereocenters. The predicted molar refractivity (Wildman–Crippen MR) is 91.2 cm³/mol. The number of H-pyrrole nitrogens is 1. The van der Waals surface area contributed by atoms with Gasteiger partial charge in [0.25, 0.3) is 5.91 Å². The third kappa shape index (κ3) is 2.70. The highest BCUT2D eigenvalue weighted by Crippen LogP contribution is 2.28. The van der Waals surface area contributed by atoms with E-state index < -0.39 is 0 Å². The summed E-state index contributed by atoms with van der Waals surface area (Å²) in [6.07, 6.45) is 1.44. The van der Waals surface area contributed by atoms with Gasteiger partial charge in [-0.2, -0.15) is 15.4 Å². The van der Waals surface area contributed by atoms with Gasteiger partial charge in [-0.25, -0.2) is 4.68 Å². The lowest BCUT2D eigenvalue weighted by atomic mass is 10.2. The fraction of sp³-hybridized carbons (Fsp3) is 0. The van der Waals surface area contributed by atoms with Crippen LogP contribution in [-0.2, 0) is 0 Å². The van der Waals surface area contributed by atoms with E-state index in [2.05, 4.69) is 25.8 Å². The number of anilines is 1. The maximum atomic E-state index is 12.4. The molecule has 3 aromatic heterocycles. The first-order valence-corrected chi connectivity index (χ1v) is 8.06. The molecule has 3 heterocycles. The quantitative estimate of drug-likeness (QED) is 0.600. The molecular weight excluding hydrogens is 324 g/mol. The number of carbonyl (C=O) groups is 1. The minimum absolute atomic E-state index is 0.310. The Balaban J connectivity index is 1.75. The zero-order chi connectivity index (χ0) is 16.4. The Hall–Kier alpha value is -3.26. The predicted octanol–water partition coefficient (Wildman–Crippen LogP) is 2.97. The van der Waals surface area contributed by atoms with Crippen LogP contribution in [0.15, 0.2) is 60.1 Å². The minimum atomic E-state index is -0.337. The van der Waals surface area contributed by atoms with Crippen molar-refractivity contribution in [3.8, 4) is 16.3 Å². The van der Waals surface area contributed by atoms with Gasteiger partial charge in [-0.1, -0.05) is 24.3 Å². The van der Waals surface area contributed by atoms with Crippen molar-refractivity contribution < 1.29 is 4.79 Å². The lowest BCUT2D eigenvalue weighted by Gasteiger charge is -2.05. The van der Waals surface area contributed by atoms with Crippen LogP contribution in [0.5, 0.6) is 0 Å². The lowest BCUT2D eigenvalue weighted by Crippen LogP contribution is -2.13. The molecule has 0 bridgehead atoms. The van der Waals surface area contributed by atoms with E-state index in [-0.39, 0.29) is 5.91 Å². The van der Waals surface area contributed by atoms with Gasteiger partial charge in [-0.15, -0.1) is 16.4 Å². The van der Waals surface area contributed by atoms with Gasteiger partial charge in [-0.05, 0) is 29.6 Å². The van der Waals surface area contributed by atoms with Crippen molar-refractivity contribution in [1.82, 2.24) is 25.2 Å². The summed E-state index contributed by atoms with van der Waals surface area (Å²) in [4.78, 5) is 13.4. The Morgan fingerprint density at radius 1 is 1.17 bits per heavy atom. The Morgan fingerprint density at radius 2 is 2.04 bits per heavy atom. The van der Waals surface area contributed by atoms with Crippen LogP contribution in [-0.4, -0.2) is 31.1 Å². The van der Waals surface area contributed by atoms with Gasteiger partial charge in [0.05, 0.1) is 22.5 Å². The molecule has 0 aliphatic rings. The molecule has 7 nitrogen and oxygen atoms in total. The van der Waals surface area contributed by atoms with Crippen LogP contribution in [0.1, 0.15) is 10.5 Å². The standard InChI is InChI=1S/C16H12N6OS/c23-16(18-15-10-17-21-19-15)12-9-13(14-7-4-8-24-14)22(20-12)11-5-2-1-3-6-11/h1-10H,(H2,17,18,19,21,23). The first-order chi connectivity index (χ1) is 11.8. The van der Waals surface area contributed by atoms with Crippen LogP contribution < -0.4 is 5.32 Å². The van der Waals surface area contributed by atoms with Gasteiger partial charge >= 0.3 is 0 Å². The van der Waals surface area contributed by atoms with Crippen molar-refractivity contribution in [2.45, 2.75) is 0 Å². The summed E-state index contributed by atoms with van der Waals surface area (Å²) >= 11 is 1.60. The number of rotatable bonds is 4. The normalized spacial score (nSPS) is 10.7. The van der Waals surface area contributed by atoms with Crippen LogP contribution in [0.3, 0.4) is 0 Å². The van der Waals surface area contributed by atoms with Crippen LogP contribution in [0.4, 0.5) is 5.82 Å². The van der Waals surface area contributed by atoms with E-state index in [0.29, 0.717) is 11.5 Å². The topological polar surface area (TPSA) is 88.5 Å². The summed E-state index contributed by atoms with van der Waals surface area (Å²) in [5, 5.41) is 19.1. The number of thiophene rings is 1. The summed E-state index contributed by atoms with van der Waals surface area (Å²) in [6, 6.07) is 15.4. The highest BCUT2D eigenvalue weighted by molar-refractivity contribution is 7.13. The van der Waals surface area contributed by atoms with Crippen molar-refractivity contribution in [3.05, 3.63) is 65.8 Å². The monoisotopic (exact) mass is 336 g/mol. The van der Waals surface area contributed by atoms with Gasteiger partial charge in [0.2, 0.25) is 0 Å². The Morgan fingerprint density at radius 3 is 2.75 bits per heavy atom. The molecule has 1 aromatic carbocycles. The lowest BCUT2D eigenvalue weighted by molar-refractivity contribution is 0.102. The molecule has 4 rings (SSSR count). The van der Waals surface area contributed by atoms with E-state index in [1.54, 1.807) is 22.1 Å². The summed E-state index contributed by atoms with van der Waals surface area (Å²) in [5.74, 6) is 0.0170. The molecule has 4 aromatic rings. The average molecular weight is 336 g/mol. The van der Waals surface area contributed by atoms with E-state index in [0.717, 1.165) is 16.3 Å². The molecule has 0 saturated heterocycles. The van der Waals surface area contributed by atoms with E-state index in [9.17, 15) is 4.79 Å². The Labute approximate surface area is 141 Å². The first-order valence-electron chi connectivity index (χ1n) is 7.18. The molecule has 24 heavy (non-hydrogen) atoms. The smallest absolute Gasteiger partial charge is 0.277 e. The second-order valence-electron chi connectivity index (χ2n) is 4.95. The van der Waals surface area contributed by atoms with Crippen LogP contribution in [0, 0.1) is 0 Å². The summed E-state index contributed by atoms with van der Waals surface area (Å²) in [5.41, 5.74) is 2.06. The Kier molecular flexibility index (Phi) is 3.64. The fourth-order valence-electron chi connectivity index (χ4n) is 2.30. The SMILES string of the molecule is O=C(Nc1cn[nH]n1)c1cc(-c2cccs2)n(-c2ccccc2)n1. The van der Waals surface area contributed by atoms with Crippen LogP contribution in [0.25, 0.3) is 16.3 Å². The number of nitrogens with zero attached hydrogens (tertiary/aromatic N) is 4. The largest absolute Gasteiger partial charge is 0.302 e. The molecule has 0 aliphatic heterocycles. The van der Waals surface area contributed by atoms with Crippen molar-refractivity contribution in [2.24, 2.45) is 0 Å². The molecule has 0 spiro atoms. The molecule has 0 aliphatic carbocycles. The van der Waals surface area contributed by atoms with Crippen molar-refractivity contribution in [1.29, 1.82) is 0 Å². The van der Waals surface area contributed by atoms with Crippen LogP contribution >= 0.6 is 11.3 Å². The van der Waals surface area contributed by atoms with E-state index in [4.69, 9.17) is 0 Å². The number of amides is 1. The number of nitrogens with one attached hydrogen (secondary N) is 2. The van der Waals surface area contributed by atoms with E-state index in [1.165, 1.54) is 6.20 Å². The highest BCUT2D eigenvalue weighted by atomic mass is 32.1. The number of para-hydroxylation sites is 1. The minimum Gasteiger partial charge on any atom is -0.302 e. The average Bonchev–Trinajstić information content (AvgIpc) is 3.36. The second-order valence-corrected chi connectivity index (χ2v) is 5.90. The third-order valence-electron chi connectivity index (χ3n) is 3.37. The van der Waals surface area contributed by atoms with Gasteiger partial charge in [0.15, 0.2) is 11.5 Å². The van der Waals surface area contributed by atoms with Gasteiger partial charge in [-0.3, -0.25) is 4.79 Å². The number of aromatic amines is 1. The van der Waals surface area contributed by atoms with Crippen LogP contribution in [0.2, 0.25) is 0 Å². The van der Waals surface area contributed by atoms with Gasteiger partial charge < -0.3 is 5.32 Å². The highest BCUT2D eigenvalue weighted by Gasteiger charge is 2.18. The molecule has 0 saturated carbocycles. The summed E-state index contributed by atoms with van der Waals surface area (Å²) in [7, 11) is 0. The van der Waals surface area contributed by atoms with E-state index >= 15 is 0 Å². The van der Waals surface area contributed by atoms with E-state index in [1.807, 2.05) is 47.8 Å². The number of carbonyl (C=O) groups excluding carboxylic acids is 1. The molecular formula is C16H12N6OS. The molecule has 0 radical (unpaired) electrons. The second kappa shape index (κ2) is 6.09. The Bertz CT molecular complexity index is 944.